The number of ether oxygens (including phenoxy) is 1. The van der Waals surface area contributed by atoms with Crippen molar-refractivity contribution >= 4 is 11.0 Å². The predicted molar refractivity (Wildman–Crippen MR) is 87.8 cm³/mol. The molecule has 0 aliphatic carbocycles. The molecular formula is C17H27N3O. The summed E-state index contributed by atoms with van der Waals surface area (Å²) < 4.78 is 7.57. The Morgan fingerprint density at radius 2 is 2.05 bits per heavy atom. The highest BCUT2D eigenvalue weighted by Gasteiger charge is 2.24. The first-order valence-electron chi connectivity index (χ1n) is 7.64. The largest absolute Gasteiger partial charge is 0.497 e. The molecule has 2 rings (SSSR count). The third-order valence-corrected chi connectivity index (χ3v) is 3.81. The van der Waals surface area contributed by atoms with Gasteiger partial charge in [-0.05, 0) is 30.9 Å². The first-order valence-corrected chi connectivity index (χ1v) is 7.64. The van der Waals surface area contributed by atoms with Crippen LogP contribution in [-0.2, 0) is 6.54 Å². The number of nitrogens with zero attached hydrogens (tertiary/aromatic N) is 2. The van der Waals surface area contributed by atoms with E-state index in [0.29, 0.717) is 6.54 Å². The van der Waals surface area contributed by atoms with Crippen molar-refractivity contribution in [1.82, 2.24) is 9.55 Å². The van der Waals surface area contributed by atoms with Crippen LogP contribution in [0.5, 0.6) is 5.75 Å². The van der Waals surface area contributed by atoms with Crippen molar-refractivity contribution in [3.05, 3.63) is 24.0 Å². The quantitative estimate of drug-likeness (QED) is 0.916. The summed E-state index contributed by atoms with van der Waals surface area (Å²) in [5.41, 5.74) is 8.41. The minimum absolute atomic E-state index is 0.235. The van der Waals surface area contributed by atoms with Crippen molar-refractivity contribution in [2.45, 2.75) is 46.6 Å². The number of fused-ring (bicyclic) bond motifs is 1. The molecule has 0 saturated heterocycles. The van der Waals surface area contributed by atoms with Gasteiger partial charge in [-0.25, -0.2) is 4.98 Å². The van der Waals surface area contributed by atoms with Gasteiger partial charge < -0.3 is 15.0 Å². The molecule has 0 saturated carbocycles. The summed E-state index contributed by atoms with van der Waals surface area (Å²) in [6.07, 6.45) is 1.03. The van der Waals surface area contributed by atoms with Gasteiger partial charge in [0.15, 0.2) is 0 Å². The monoisotopic (exact) mass is 289 g/mol. The molecule has 0 aliphatic rings. The van der Waals surface area contributed by atoms with E-state index in [1.807, 2.05) is 12.1 Å². The lowest BCUT2D eigenvalue weighted by molar-refractivity contribution is 0.332. The Morgan fingerprint density at radius 3 is 2.57 bits per heavy atom. The van der Waals surface area contributed by atoms with E-state index < -0.39 is 0 Å². The van der Waals surface area contributed by atoms with Gasteiger partial charge in [-0.15, -0.1) is 0 Å². The van der Waals surface area contributed by atoms with Crippen LogP contribution in [0.3, 0.4) is 0 Å². The highest BCUT2D eigenvalue weighted by molar-refractivity contribution is 5.78. The van der Waals surface area contributed by atoms with Gasteiger partial charge in [0, 0.05) is 25.1 Å². The maximum atomic E-state index is 6.04. The van der Waals surface area contributed by atoms with Crippen LogP contribution >= 0.6 is 0 Å². The zero-order valence-corrected chi connectivity index (χ0v) is 13.8. The Balaban J connectivity index is 2.51. The van der Waals surface area contributed by atoms with E-state index in [1.54, 1.807) is 7.11 Å². The smallest absolute Gasteiger partial charge is 0.121 e. The van der Waals surface area contributed by atoms with E-state index in [-0.39, 0.29) is 11.3 Å². The van der Waals surface area contributed by atoms with Crippen LogP contribution in [0.2, 0.25) is 0 Å². The van der Waals surface area contributed by atoms with Gasteiger partial charge in [-0.1, -0.05) is 20.8 Å². The molecule has 2 N–H and O–H groups in total. The standard InChI is InChI=1S/C17H27N3O/c1-6-20-15-8-7-13(21-5)9-14(15)19-16(20)12(11-18)10-17(2,3)4/h7-9,12H,6,10-11,18H2,1-5H3. The minimum atomic E-state index is 0.235. The van der Waals surface area contributed by atoms with Crippen LogP contribution in [0.15, 0.2) is 18.2 Å². The second-order valence-corrected chi connectivity index (χ2v) is 6.77. The molecule has 0 amide bonds. The van der Waals surface area contributed by atoms with Crippen molar-refractivity contribution in [3.8, 4) is 5.75 Å². The minimum Gasteiger partial charge on any atom is -0.497 e. The molecule has 0 radical (unpaired) electrons. The van der Waals surface area contributed by atoms with E-state index in [4.69, 9.17) is 15.5 Å². The first kappa shape index (κ1) is 15.8. The molecule has 0 fully saturated rings. The average molecular weight is 289 g/mol. The van der Waals surface area contributed by atoms with Crippen LogP contribution in [0.25, 0.3) is 11.0 Å². The van der Waals surface area contributed by atoms with E-state index in [0.717, 1.165) is 35.6 Å². The fourth-order valence-corrected chi connectivity index (χ4v) is 2.92. The summed E-state index contributed by atoms with van der Waals surface area (Å²) in [6.45, 7) is 10.4. The lowest BCUT2D eigenvalue weighted by Gasteiger charge is -2.25. The molecule has 4 heteroatoms. The van der Waals surface area contributed by atoms with Gasteiger partial charge in [0.05, 0.1) is 18.1 Å². The van der Waals surface area contributed by atoms with Gasteiger partial charge in [0.1, 0.15) is 11.6 Å². The van der Waals surface area contributed by atoms with E-state index in [1.165, 1.54) is 0 Å². The highest BCUT2D eigenvalue weighted by Crippen LogP contribution is 2.32. The molecule has 1 aromatic heterocycles. The molecular weight excluding hydrogens is 262 g/mol. The maximum Gasteiger partial charge on any atom is 0.121 e. The Labute approximate surface area is 127 Å². The van der Waals surface area contributed by atoms with Crippen molar-refractivity contribution in [2.24, 2.45) is 11.1 Å². The third kappa shape index (κ3) is 3.38. The number of nitrogens with two attached hydrogens (primary N) is 1. The lowest BCUT2D eigenvalue weighted by Crippen LogP contribution is -2.22. The van der Waals surface area contributed by atoms with Gasteiger partial charge >= 0.3 is 0 Å². The zero-order valence-electron chi connectivity index (χ0n) is 13.8. The molecule has 116 valence electrons. The second-order valence-electron chi connectivity index (χ2n) is 6.77. The molecule has 1 atom stereocenters. The van der Waals surface area contributed by atoms with Crippen molar-refractivity contribution < 1.29 is 4.74 Å². The van der Waals surface area contributed by atoms with Gasteiger partial charge in [-0.2, -0.15) is 0 Å². The molecule has 21 heavy (non-hydrogen) atoms. The molecule has 0 aliphatic heterocycles. The predicted octanol–water partition coefficient (Wildman–Crippen LogP) is 3.54. The average Bonchev–Trinajstić information content (AvgIpc) is 2.80. The molecule has 0 spiro atoms. The Hall–Kier alpha value is -1.55. The summed E-state index contributed by atoms with van der Waals surface area (Å²) in [6, 6.07) is 6.07. The number of methoxy groups -OCH3 is 1. The van der Waals surface area contributed by atoms with Gasteiger partial charge in [-0.3, -0.25) is 0 Å². The van der Waals surface area contributed by atoms with Crippen LogP contribution < -0.4 is 10.5 Å². The SMILES string of the molecule is CCn1c(C(CN)CC(C)(C)C)nc2cc(OC)ccc21. The van der Waals surface area contributed by atoms with Crippen molar-refractivity contribution in [3.63, 3.8) is 0 Å². The van der Waals surface area contributed by atoms with E-state index in [2.05, 4.69) is 38.3 Å². The Kier molecular flexibility index (Phi) is 4.57. The number of imidazole rings is 1. The summed E-state index contributed by atoms with van der Waals surface area (Å²) in [7, 11) is 1.68. The molecule has 1 aromatic carbocycles. The van der Waals surface area contributed by atoms with E-state index in [9.17, 15) is 0 Å². The fraction of sp³-hybridized carbons (Fsp3) is 0.588. The topological polar surface area (TPSA) is 53.1 Å². The normalized spacial score (nSPS) is 13.6. The zero-order chi connectivity index (χ0) is 15.6. The van der Waals surface area contributed by atoms with E-state index >= 15 is 0 Å². The van der Waals surface area contributed by atoms with Crippen LogP contribution in [0.1, 0.15) is 45.9 Å². The lowest BCUT2D eigenvalue weighted by atomic mass is 9.84. The van der Waals surface area contributed by atoms with Crippen LogP contribution in [0, 0.1) is 5.41 Å². The summed E-state index contributed by atoms with van der Waals surface area (Å²) in [4.78, 5) is 4.85. The Morgan fingerprint density at radius 1 is 1.33 bits per heavy atom. The molecule has 4 nitrogen and oxygen atoms in total. The first-order chi connectivity index (χ1) is 9.89. The van der Waals surface area contributed by atoms with Gasteiger partial charge in [0.2, 0.25) is 0 Å². The van der Waals surface area contributed by atoms with Crippen LogP contribution in [-0.4, -0.2) is 23.2 Å². The third-order valence-electron chi connectivity index (χ3n) is 3.81. The summed E-state index contributed by atoms with van der Waals surface area (Å²) >= 11 is 0. The van der Waals surface area contributed by atoms with Crippen LogP contribution in [0.4, 0.5) is 0 Å². The van der Waals surface area contributed by atoms with Gasteiger partial charge in [0.25, 0.3) is 0 Å². The number of hydrogen-bond donors (Lipinski definition) is 1. The summed E-state index contributed by atoms with van der Waals surface area (Å²) in [5, 5.41) is 0. The molecule has 2 aromatic rings. The molecule has 1 heterocycles. The highest BCUT2D eigenvalue weighted by atomic mass is 16.5. The number of benzene rings is 1. The summed E-state index contributed by atoms with van der Waals surface area (Å²) in [5.74, 6) is 2.22. The fourth-order valence-electron chi connectivity index (χ4n) is 2.92. The van der Waals surface area contributed by atoms with Crippen molar-refractivity contribution in [2.75, 3.05) is 13.7 Å². The second kappa shape index (κ2) is 6.06. The number of rotatable bonds is 5. The number of hydrogen-bond acceptors (Lipinski definition) is 3. The molecule has 0 bridgehead atoms. The molecule has 1 unspecified atom stereocenters. The maximum absolute atomic E-state index is 6.04. The Bertz CT molecular complexity index is 610. The number of aromatic nitrogens is 2. The number of aryl methyl sites for hydroxylation is 1. The van der Waals surface area contributed by atoms with Crippen molar-refractivity contribution in [1.29, 1.82) is 0 Å².